The molecule has 34 heavy (non-hydrogen) atoms. The summed E-state index contributed by atoms with van der Waals surface area (Å²) in [5, 5.41) is 4.61. The molecule has 0 saturated carbocycles. The van der Waals surface area contributed by atoms with Gasteiger partial charge in [-0.3, -0.25) is 19.1 Å². The SMILES string of the molecule is C.CC(=O)N1CC2(C1)CN(C(=O)CC(C)(C)C)Cc1c(C(N)=O)c(-c3ccc(F)c(Cl)c3)nn12. The van der Waals surface area contributed by atoms with Gasteiger partial charge in [-0.1, -0.05) is 39.8 Å². The van der Waals surface area contributed by atoms with Crippen LogP contribution < -0.4 is 5.73 Å². The lowest BCUT2D eigenvalue weighted by Crippen LogP contribution is -2.70. The van der Waals surface area contributed by atoms with Crippen molar-refractivity contribution in [1.82, 2.24) is 19.6 Å². The highest BCUT2D eigenvalue weighted by Gasteiger charge is 2.53. The number of nitrogens with two attached hydrogens (primary N) is 1. The molecule has 8 nitrogen and oxygen atoms in total. The Morgan fingerprint density at radius 1 is 1.18 bits per heavy atom. The minimum absolute atomic E-state index is 0. The summed E-state index contributed by atoms with van der Waals surface area (Å²) in [6, 6.07) is 4.09. The molecule has 0 unspecified atom stereocenters. The van der Waals surface area contributed by atoms with E-state index in [0.29, 0.717) is 37.3 Å². The number of rotatable bonds is 3. The number of carbonyl (C=O) groups excluding carboxylic acids is 3. The standard InChI is InChI=1S/C23H27ClFN5O3.CH4/c1-13(31)29-11-23(12-29)10-28(18(32)8-22(2,3)4)9-17-19(21(26)33)20(27-30(17)23)14-5-6-16(25)15(24)7-14;/h5-7H,8-12H2,1-4H3,(H2,26,33);1H4. The van der Waals surface area contributed by atoms with Crippen molar-refractivity contribution in [2.24, 2.45) is 11.1 Å². The van der Waals surface area contributed by atoms with Crippen LogP contribution in [0.25, 0.3) is 11.3 Å². The third-order valence-electron chi connectivity index (χ3n) is 6.15. The van der Waals surface area contributed by atoms with Crippen LogP contribution in [0, 0.1) is 11.2 Å². The summed E-state index contributed by atoms with van der Waals surface area (Å²) in [7, 11) is 0. The number of amides is 3. The van der Waals surface area contributed by atoms with Crippen LogP contribution >= 0.6 is 11.6 Å². The maximum atomic E-state index is 13.8. The van der Waals surface area contributed by atoms with E-state index in [2.05, 4.69) is 0 Å². The number of aromatic nitrogens is 2. The lowest BCUT2D eigenvalue weighted by atomic mass is 9.85. The molecule has 1 spiro atoms. The lowest BCUT2D eigenvalue weighted by molar-refractivity contribution is -0.148. The number of primary amides is 1. The van der Waals surface area contributed by atoms with Crippen molar-refractivity contribution in [3.8, 4) is 11.3 Å². The number of hydrogen-bond donors (Lipinski definition) is 1. The summed E-state index contributed by atoms with van der Waals surface area (Å²) in [5.74, 6) is -1.41. The molecule has 1 aromatic carbocycles. The van der Waals surface area contributed by atoms with Gasteiger partial charge in [-0.05, 0) is 23.6 Å². The van der Waals surface area contributed by atoms with E-state index < -0.39 is 17.3 Å². The molecule has 2 aliphatic heterocycles. The first-order valence-electron chi connectivity index (χ1n) is 10.7. The second-order valence-electron chi connectivity index (χ2n) is 10.2. The van der Waals surface area contributed by atoms with Gasteiger partial charge < -0.3 is 15.5 Å². The van der Waals surface area contributed by atoms with Crippen LogP contribution in [0.3, 0.4) is 0 Å². The number of benzene rings is 1. The van der Waals surface area contributed by atoms with Crippen molar-refractivity contribution in [2.45, 2.75) is 53.6 Å². The van der Waals surface area contributed by atoms with Gasteiger partial charge in [-0.25, -0.2) is 4.39 Å². The Balaban J connectivity index is 0.00000324. The van der Waals surface area contributed by atoms with Crippen LogP contribution in [0.4, 0.5) is 4.39 Å². The first-order valence-corrected chi connectivity index (χ1v) is 11.1. The number of hydrogen-bond acceptors (Lipinski definition) is 4. The number of likely N-dealkylation sites (tertiary alicyclic amines) is 1. The molecule has 4 rings (SSSR count). The van der Waals surface area contributed by atoms with E-state index in [4.69, 9.17) is 22.4 Å². The predicted octanol–water partition coefficient (Wildman–Crippen LogP) is 3.41. The molecular formula is C24H31ClFN5O3. The van der Waals surface area contributed by atoms with E-state index in [1.165, 1.54) is 25.1 Å². The van der Waals surface area contributed by atoms with Crippen LogP contribution in [-0.2, 0) is 21.7 Å². The molecule has 0 aliphatic carbocycles. The Hall–Kier alpha value is -2.94. The van der Waals surface area contributed by atoms with Crippen LogP contribution in [-0.4, -0.2) is 56.9 Å². The fraction of sp³-hybridized carbons (Fsp3) is 0.500. The summed E-state index contributed by atoms with van der Waals surface area (Å²) in [6.07, 6.45) is 0.333. The van der Waals surface area contributed by atoms with Gasteiger partial charge in [0.15, 0.2) is 0 Å². The Morgan fingerprint density at radius 3 is 2.32 bits per heavy atom. The molecule has 1 saturated heterocycles. The first kappa shape index (κ1) is 25.7. The summed E-state index contributed by atoms with van der Waals surface area (Å²) in [6.45, 7) is 8.70. The number of fused-ring (bicyclic) bond motifs is 2. The lowest BCUT2D eigenvalue weighted by Gasteiger charge is -2.54. The summed E-state index contributed by atoms with van der Waals surface area (Å²) in [4.78, 5) is 41.0. The minimum atomic E-state index is -0.699. The molecule has 3 amide bonds. The molecule has 2 N–H and O–H groups in total. The third kappa shape index (κ3) is 4.41. The van der Waals surface area contributed by atoms with E-state index in [1.807, 2.05) is 20.8 Å². The van der Waals surface area contributed by atoms with Gasteiger partial charge >= 0.3 is 0 Å². The Kier molecular flexibility index (Phi) is 6.56. The van der Waals surface area contributed by atoms with Crippen molar-refractivity contribution in [3.05, 3.63) is 40.3 Å². The average Bonchev–Trinajstić information content (AvgIpc) is 3.06. The van der Waals surface area contributed by atoms with Gasteiger partial charge in [-0.2, -0.15) is 5.10 Å². The van der Waals surface area contributed by atoms with Crippen LogP contribution in [0.15, 0.2) is 18.2 Å². The highest BCUT2D eigenvalue weighted by atomic mass is 35.5. The fourth-order valence-electron chi connectivity index (χ4n) is 4.62. The van der Waals surface area contributed by atoms with E-state index in [1.54, 1.807) is 14.5 Å². The van der Waals surface area contributed by atoms with E-state index >= 15 is 0 Å². The summed E-state index contributed by atoms with van der Waals surface area (Å²) >= 11 is 5.97. The predicted molar refractivity (Wildman–Crippen MR) is 128 cm³/mol. The quantitative estimate of drug-likeness (QED) is 0.710. The first-order chi connectivity index (χ1) is 15.3. The topological polar surface area (TPSA) is 102 Å². The van der Waals surface area contributed by atoms with E-state index in [9.17, 15) is 18.8 Å². The normalized spacial score (nSPS) is 16.5. The molecule has 184 valence electrons. The van der Waals surface area contributed by atoms with Gasteiger partial charge in [0.05, 0.1) is 22.8 Å². The van der Waals surface area contributed by atoms with E-state index in [0.717, 1.165) is 0 Å². The second kappa shape index (κ2) is 8.69. The van der Waals surface area contributed by atoms with Crippen molar-refractivity contribution in [3.63, 3.8) is 0 Å². The van der Waals surface area contributed by atoms with Gasteiger partial charge in [0.2, 0.25) is 11.8 Å². The van der Waals surface area contributed by atoms with Crippen LogP contribution in [0.1, 0.15) is 57.6 Å². The van der Waals surface area contributed by atoms with Crippen molar-refractivity contribution >= 4 is 29.3 Å². The van der Waals surface area contributed by atoms with Crippen LogP contribution in [0.5, 0.6) is 0 Å². The highest BCUT2D eigenvalue weighted by molar-refractivity contribution is 6.31. The number of halogens is 2. The Labute approximate surface area is 203 Å². The highest BCUT2D eigenvalue weighted by Crippen LogP contribution is 2.40. The van der Waals surface area contributed by atoms with E-state index in [-0.39, 0.29) is 47.5 Å². The minimum Gasteiger partial charge on any atom is -0.365 e. The zero-order valence-corrected chi connectivity index (χ0v) is 19.9. The third-order valence-corrected chi connectivity index (χ3v) is 6.44. The number of nitrogens with zero attached hydrogens (tertiary/aromatic N) is 4. The molecule has 0 radical (unpaired) electrons. The maximum absolute atomic E-state index is 13.8. The van der Waals surface area contributed by atoms with Crippen molar-refractivity contribution in [2.75, 3.05) is 19.6 Å². The van der Waals surface area contributed by atoms with Crippen LogP contribution in [0.2, 0.25) is 5.02 Å². The zero-order chi connectivity index (χ0) is 24.3. The molecule has 2 aliphatic rings. The maximum Gasteiger partial charge on any atom is 0.252 e. The average molecular weight is 492 g/mol. The van der Waals surface area contributed by atoms with Gasteiger partial charge in [0.25, 0.3) is 5.91 Å². The molecular weight excluding hydrogens is 461 g/mol. The summed E-state index contributed by atoms with van der Waals surface area (Å²) < 4.78 is 15.5. The smallest absolute Gasteiger partial charge is 0.252 e. The molecule has 0 bridgehead atoms. The van der Waals surface area contributed by atoms with Crippen molar-refractivity contribution < 1.29 is 18.8 Å². The molecule has 3 heterocycles. The monoisotopic (exact) mass is 491 g/mol. The summed E-state index contributed by atoms with van der Waals surface area (Å²) in [5.41, 5.74) is 6.30. The zero-order valence-electron chi connectivity index (χ0n) is 19.1. The van der Waals surface area contributed by atoms with Gasteiger partial charge in [-0.15, -0.1) is 0 Å². The van der Waals surface area contributed by atoms with Gasteiger partial charge in [0, 0.05) is 38.5 Å². The molecule has 0 atom stereocenters. The number of carbonyl (C=O) groups is 3. The largest absolute Gasteiger partial charge is 0.365 e. The Morgan fingerprint density at radius 2 is 1.79 bits per heavy atom. The van der Waals surface area contributed by atoms with Crippen molar-refractivity contribution in [1.29, 1.82) is 0 Å². The fourth-order valence-corrected chi connectivity index (χ4v) is 4.80. The molecule has 1 aromatic heterocycles. The molecule has 1 fully saturated rings. The second-order valence-corrected chi connectivity index (χ2v) is 10.6. The van der Waals surface area contributed by atoms with Gasteiger partial charge in [0.1, 0.15) is 17.1 Å². The molecule has 2 aromatic rings. The Bertz CT molecular complexity index is 1160. The molecule has 10 heteroatoms.